The van der Waals surface area contributed by atoms with Crippen molar-refractivity contribution in [3.05, 3.63) is 66.5 Å². The first-order valence-corrected chi connectivity index (χ1v) is 14.5. The van der Waals surface area contributed by atoms with Crippen LogP contribution in [0.2, 0.25) is 0 Å². The second kappa shape index (κ2) is 11.0. The lowest BCUT2D eigenvalue weighted by Crippen LogP contribution is -2.51. The van der Waals surface area contributed by atoms with Crippen LogP contribution in [0.4, 0.5) is 11.6 Å². The standard InChI is InChI=1S/C28H36N6O3S/c1-19-4-10-28(29-16-19)32-25-12-13-34(18-26(25)35)38(36,37)24-8-5-20(6-9-24)21-7-11-27(30-17-21)31-22-14-23(15-22)33(2)3/h4-11,16-17,22-23,25-26,35H,12-15,18H2,1-3H3,(H,29,32)(H,30,31)/t22?,23?,25-,26+/m1/s1. The lowest BCUT2D eigenvalue weighted by Gasteiger charge is -2.40. The van der Waals surface area contributed by atoms with Crippen molar-refractivity contribution in [1.29, 1.82) is 0 Å². The first-order chi connectivity index (χ1) is 18.2. The van der Waals surface area contributed by atoms with Gasteiger partial charge in [-0.3, -0.25) is 0 Å². The van der Waals surface area contributed by atoms with E-state index in [1.807, 2.05) is 37.4 Å². The van der Waals surface area contributed by atoms with E-state index < -0.39 is 16.1 Å². The first kappa shape index (κ1) is 26.6. The first-order valence-electron chi connectivity index (χ1n) is 13.1. The second-order valence-electron chi connectivity index (χ2n) is 10.6. The number of aliphatic hydroxyl groups is 1. The minimum absolute atomic E-state index is 0.0300. The van der Waals surface area contributed by atoms with E-state index in [9.17, 15) is 13.5 Å². The maximum Gasteiger partial charge on any atom is 0.243 e. The summed E-state index contributed by atoms with van der Waals surface area (Å²) in [4.78, 5) is 11.3. The van der Waals surface area contributed by atoms with E-state index in [0.717, 1.165) is 35.3 Å². The van der Waals surface area contributed by atoms with Crippen LogP contribution in [0.25, 0.3) is 11.1 Å². The molecule has 1 aromatic carbocycles. The second-order valence-corrected chi connectivity index (χ2v) is 12.5. The number of aryl methyl sites for hydroxylation is 1. The van der Waals surface area contributed by atoms with E-state index in [4.69, 9.17) is 0 Å². The molecule has 2 aromatic heterocycles. The predicted molar refractivity (Wildman–Crippen MR) is 150 cm³/mol. The average molecular weight is 537 g/mol. The highest BCUT2D eigenvalue weighted by Gasteiger charge is 2.35. The van der Waals surface area contributed by atoms with Gasteiger partial charge in [0.2, 0.25) is 10.0 Å². The van der Waals surface area contributed by atoms with Gasteiger partial charge in [0.15, 0.2) is 0 Å². The van der Waals surface area contributed by atoms with E-state index in [-0.39, 0.29) is 17.5 Å². The summed E-state index contributed by atoms with van der Waals surface area (Å²) < 4.78 is 27.9. The van der Waals surface area contributed by atoms with Gasteiger partial charge in [-0.25, -0.2) is 18.4 Å². The Morgan fingerprint density at radius 3 is 2.18 bits per heavy atom. The Labute approximate surface area is 225 Å². The van der Waals surface area contributed by atoms with Crippen molar-refractivity contribution in [3.8, 4) is 11.1 Å². The van der Waals surface area contributed by atoms with Crippen molar-refractivity contribution in [2.75, 3.05) is 37.8 Å². The zero-order chi connectivity index (χ0) is 26.9. The molecule has 10 heteroatoms. The van der Waals surface area contributed by atoms with E-state index >= 15 is 0 Å². The Morgan fingerprint density at radius 2 is 1.58 bits per heavy atom. The molecule has 3 heterocycles. The molecule has 1 aliphatic carbocycles. The molecule has 3 N–H and O–H groups in total. The number of hydrogen-bond acceptors (Lipinski definition) is 8. The number of nitrogens with one attached hydrogen (secondary N) is 2. The number of pyridine rings is 2. The van der Waals surface area contributed by atoms with Crippen molar-refractivity contribution >= 4 is 21.7 Å². The largest absolute Gasteiger partial charge is 0.390 e. The van der Waals surface area contributed by atoms with Gasteiger partial charge >= 0.3 is 0 Å². The lowest BCUT2D eigenvalue weighted by atomic mass is 9.86. The third-order valence-corrected chi connectivity index (χ3v) is 9.45. The van der Waals surface area contributed by atoms with E-state index in [0.29, 0.717) is 30.9 Å². The van der Waals surface area contributed by atoms with Gasteiger partial charge in [-0.05, 0) is 81.7 Å². The van der Waals surface area contributed by atoms with Gasteiger partial charge in [0, 0.05) is 43.1 Å². The number of sulfonamides is 1. The number of anilines is 2. The summed E-state index contributed by atoms with van der Waals surface area (Å²) in [5.74, 6) is 1.52. The Bertz CT molecular complexity index is 1320. The summed E-state index contributed by atoms with van der Waals surface area (Å²) in [5.41, 5.74) is 2.87. The van der Waals surface area contributed by atoms with Gasteiger partial charge in [-0.1, -0.05) is 18.2 Å². The van der Waals surface area contributed by atoms with Crippen molar-refractivity contribution in [2.45, 2.75) is 55.3 Å². The molecule has 38 heavy (non-hydrogen) atoms. The monoisotopic (exact) mass is 536 g/mol. The molecular weight excluding hydrogens is 500 g/mol. The van der Waals surface area contributed by atoms with Crippen LogP contribution in [-0.2, 0) is 10.0 Å². The van der Waals surface area contributed by atoms with Crippen LogP contribution in [0, 0.1) is 6.92 Å². The summed E-state index contributed by atoms with van der Waals surface area (Å²) in [6, 6.07) is 15.4. The molecule has 2 aliphatic rings. The van der Waals surface area contributed by atoms with Crippen molar-refractivity contribution in [2.24, 2.45) is 0 Å². The smallest absolute Gasteiger partial charge is 0.243 e. The Kier molecular flexibility index (Phi) is 7.67. The summed E-state index contributed by atoms with van der Waals surface area (Å²) in [6.07, 6.45) is 5.44. The van der Waals surface area contributed by atoms with Gasteiger partial charge in [0.05, 0.1) is 17.0 Å². The lowest BCUT2D eigenvalue weighted by molar-refractivity contribution is 0.0949. The topological polar surface area (TPSA) is 111 Å². The molecule has 3 aromatic rings. The van der Waals surface area contributed by atoms with Crippen molar-refractivity contribution in [1.82, 2.24) is 19.2 Å². The minimum atomic E-state index is -3.72. The van der Waals surface area contributed by atoms with Gasteiger partial charge in [-0.2, -0.15) is 4.31 Å². The Hall–Kier alpha value is -3.05. The Morgan fingerprint density at radius 1 is 0.921 bits per heavy atom. The molecule has 0 amide bonds. The highest BCUT2D eigenvalue weighted by molar-refractivity contribution is 7.89. The van der Waals surface area contributed by atoms with E-state index in [1.54, 1.807) is 30.5 Å². The molecule has 0 radical (unpaired) electrons. The van der Waals surface area contributed by atoms with Crippen LogP contribution in [0.5, 0.6) is 0 Å². The molecule has 2 fully saturated rings. The normalized spacial score (nSPS) is 24.1. The number of rotatable bonds is 8. The van der Waals surface area contributed by atoms with Crippen LogP contribution in [-0.4, -0.2) is 84.1 Å². The number of hydrogen-bond donors (Lipinski definition) is 3. The number of β-amino-alcohol motifs (C(OH)–C–C–N with tert-alkyl or cyclic N) is 1. The van der Waals surface area contributed by atoms with Gasteiger partial charge in [0.1, 0.15) is 11.6 Å². The maximum absolute atomic E-state index is 13.3. The van der Waals surface area contributed by atoms with Crippen LogP contribution >= 0.6 is 0 Å². The Balaban J connectivity index is 1.18. The zero-order valence-corrected chi connectivity index (χ0v) is 22.9. The molecule has 1 aliphatic heterocycles. The van der Waals surface area contributed by atoms with Gasteiger partial charge in [-0.15, -0.1) is 0 Å². The highest BCUT2D eigenvalue weighted by Crippen LogP contribution is 2.28. The minimum Gasteiger partial charge on any atom is -0.390 e. The summed E-state index contributed by atoms with van der Waals surface area (Å²) in [7, 11) is 0.497. The van der Waals surface area contributed by atoms with Crippen LogP contribution in [0.1, 0.15) is 24.8 Å². The van der Waals surface area contributed by atoms with Crippen molar-refractivity contribution in [3.63, 3.8) is 0 Å². The fraction of sp³-hybridized carbons (Fsp3) is 0.429. The molecule has 5 rings (SSSR count). The molecule has 0 unspecified atom stereocenters. The molecular formula is C28H36N6O3S. The number of aliphatic hydroxyl groups excluding tert-OH is 1. The van der Waals surface area contributed by atoms with E-state index in [1.165, 1.54) is 4.31 Å². The molecule has 0 bridgehead atoms. The number of aromatic nitrogens is 2. The predicted octanol–water partition coefficient (Wildman–Crippen LogP) is 3.19. The summed E-state index contributed by atoms with van der Waals surface area (Å²) >= 11 is 0. The fourth-order valence-corrected chi connectivity index (χ4v) is 6.46. The van der Waals surface area contributed by atoms with Crippen LogP contribution in [0.15, 0.2) is 65.8 Å². The summed E-state index contributed by atoms with van der Waals surface area (Å²) in [5, 5.41) is 17.4. The molecule has 1 saturated heterocycles. The molecule has 2 atom stereocenters. The number of benzene rings is 1. The SMILES string of the molecule is Cc1ccc(N[C@@H]2CCN(S(=O)(=O)c3ccc(-c4ccc(NC5CC(N(C)C)C5)nc4)cc3)C[C@@H]2O)nc1. The van der Waals surface area contributed by atoms with Crippen molar-refractivity contribution < 1.29 is 13.5 Å². The zero-order valence-electron chi connectivity index (χ0n) is 22.1. The summed E-state index contributed by atoms with van der Waals surface area (Å²) in [6.45, 7) is 2.31. The molecule has 1 saturated carbocycles. The van der Waals surface area contributed by atoms with Crippen LogP contribution in [0.3, 0.4) is 0 Å². The number of nitrogens with zero attached hydrogens (tertiary/aromatic N) is 4. The van der Waals surface area contributed by atoms with Crippen LogP contribution < -0.4 is 10.6 Å². The third-order valence-electron chi connectivity index (χ3n) is 7.57. The maximum atomic E-state index is 13.3. The van der Waals surface area contributed by atoms with Gasteiger partial charge in [0.25, 0.3) is 0 Å². The average Bonchev–Trinajstić information content (AvgIpc) is 2.88. The van der Waals surface area contributed by atoms with E-state index in [2.05, 4.69) is 39.6 Å². The molecule has 0 spiro atoms. The molecule has 202 valence electrons. The van der Waals surface area contributed by atoms with Gasteiger partial charge < -0.3 is 20.6 Å². The third kappa shape index (κ3) is 5.83. The quantitative estimate of drug-likeness (QED) is 0.403. The number of piperidine rings is 1. The molecule has 9 nitrogen and oxygen atoms in total. The fourth-order valence-electron chi connectivity index (χ4n) is 4.99. The highest BCUT2D eigenvalue weighted by atomic mass is 32.2.